The summed E-state index contributed by atoms with van der Waals surface area (Å²) in [7, 11) is 0. The van der Waals surface area contributed by atoms with Gasteiger partial charge in [-0.3, -0.25) is 0 Å². The van der Waals surface area contributed by atoms with Crippen molar-refractivity contribution in [3.63, 3.8) is 0 Å². The third kappa shape index (κ3) is 5.63. The van der Waals surface area contributed by atoms with Crippen LogP contribution in [0.15, 0.2) is 4.52 Å². The van der Waals surface area contributed by atoms with Crippen LogP contribution in [0.1, 0.15) is 69.1 Å². The molecule has 1 aromatic rings. The van der Waals surface area contributed by atoms with Crippen molar-refractivity contribution in [2.24, 2.45) is 11.7 Å². The van der Waals surface area contributed by atoms with Crippen molar-refractivity contribution >= 4 is 6.09 Å². The number of nitrogens with zero attached hydrogens (tertiary/aromatic N) is 2. The summed E-state index contributed by atoms with van der Waals surface area (Å²) >= 11 is 0. The van der Waals surface area contributed by atoms with Gasteiger partial charge >= 0.3 is 6.09 Å². The molecule has 0 saturated heterocycles. The number of nitrogens with one attached hydrogen (secondary N) is 1. The summed E-state index contributed by atoms with van der Waals surface area (Å²) in [5.74, 6) is 1.94. The molecular weight excluding hydrogens is 284 g/mol. The Morgan fingerprint density at radius 1 is 1.36 bits per heavy atom. The Kier molecular flexibility index (Phi) is 6.64. The van der Waals surface area contributed by atoms with E-state index in [2.05, 4.69) is 15.5 Å². The molecule has 1 fully saturated rings. The first-order valence-electron chi connectivity index (χ1n) is 8.20. The van der Waals surface area contributed by atoms with Gasteiger partial charge in [0, 0.05) is 13.0 Å². The van der Waals surface area contributed by atoms with Gasteiger partial charge in [-0.1, -0.05) is 37.3 Å². The molecule has 0 spiro atoms. The van der Waals surface area contributed by atoms with E-state index < -0.39 is 6.09 Å². The topological polar surface area (TPSA) is 114 Å². The molecule has 0 bridgehead atoms. The first-order valence-corrected chi connectivity index (χ1v) is 8.20. The average Bonchev–Trinajstić information content (AvgIpc) is 2.96. The number of amides is 1. The SMILES string of the molecule is N[C@@H](CCCCNC(=O)O)c1nc(CC2CCCCC2)no1. The molecule has 1 amide bonds. The molecule has 2 rings (SSSR count). The van der Waals surface area contributed by atoms with E-state index in [0.29, 0.717) is 24.8 Å². The minimum absolute atomic E-state index is 0.266. The molecule has 1 saturated carbocycles. The fraction of sp³-hybridized carbons (Fsp3) is 0.800. The summed E-state index contributed by atoms with van der Waals surface area (Å²) in [4.78, 5) is 14.7. The van der Waals surface area contributed by atoms with Crippen LogP contribution in [0.25, 0.3) is 0 Å². The quantitative estimate of drug-likeness (QED) is 0.636. The van der Waals surface area contributed by atoms with Crippen LogP contribution in [0.5, 0.6) is 0 Å². The van der Waals surface area contributed by atoms with Crippen molar-refractivity contribution < 1.29 is 14.4 Å². The Bertz CT molecular complexity index is 457. The predicted molar refractivity (Wildman–Crippen MR) is 81.4 cm³/mol. The van der Waals surface area contributed by atoms with Gasteiger partial charge in [0.25, 0.3) is 0 Å². The lowest BCUT2D eigenvalue weighted by atomic mass is 9.87. The van der Waals surface area contributed by atoms with Crippen molar-refractivity contribution in [2.75, 3.05) is 6.54 Å². The van der Waals surface area contributed by atoms with Gasteiger partial charge in [0.05, 0.1) is 6.04 Å². The van der Waals surface area contributed by atoms with E-state index in [-0.39, 0.29) is 6.04 Å². The highest BCUT2D eigenvalue weighted by Gasteiger charge is 2.19. The van der Waals surface area contributed by atoms with Gasteiger partial charge in [0.1, 0.15) is 0 Å². The van der Waals surface area contributed by atoms with Gasteiger partial charge in [-0.15, -0.1) is 0 Å². The normalized spacial score (nSPS) is 17.3. The summed E-state index contributed by atoms with van der Waals surface area (Å²) in [6.45, 7) is 0.443. The highest BCUT2D eigenvalue weighted by Crippen LogP contribution is 2.26. The Balaban J connectivity index is 1.69. The predicted octanol–water partition coefficient (Wildman–Crippen LogP) is 2.63. The number of carbonyl (C=O) groups is 1. The van der Waals surface area contributed by atoms with Crippen molar-refractivity contribution in [1.29, 1.82) is 0 Å². The number of unbranched alkanes of at least 4 members (excludes halogenated alkanes) is 1. The molecule has 1 atom stereocenters. The van der Waals surface area contributed by atoms with E-state index in [1.807, 2.05) is 0 Å². The molecule has 0 aromatic carbocycles. The van der Waals surface area contributed by atoms with E-state index in [1.54, 1.807) is 0 Å². The minimum Gasteiger partial charge on any atom is -0.465 e. The molecule has 0 radical (unpaired) electrons. The van der Waals surface area contributed by atoms with Gasteiger partial charge in [0.15, 0.2) is 5.82 Å². The van der Waals surface area contributed by atoms with Crippen molar-refractivity contribution in [1.82, 2.24) is 15.5 Å². The largest absolute Gasteiger partial charge is 0.465 e. The van der Waals surface area contributed by atoms with E-state index in [4.69, 9.17) is 15.4 Å². The number of hydrogen-bond acceptors (Lipinski definition) is 5. The molecule has 124 valence electrons. The Morgan fingerprint density at radius 3 is 2.86 bits per heavy atom. The van der Waals surface area contributed by atoms with E-state index in [0.717, 1.165) is 25.1 Å². The fourth-order valence-corrected chi connectivity index (χ4v) is 2.96. The summed E-state index contributed by atoms with van der Waals surface area (Å²) in [5, 5.41) is 14.8. The summed E-state index contributed by atoms with van der Waals surface area (Å²) in [6, 6.07) is -0.266. The molecule has 1 aliphatic carbocycles. The number of aromatic nitrogens is 2. The van der Waals surface area contributed by atoms with E-state index >= 15 is 0 Å². The molecule has 1 aliphatic rings. The van der Waals surface area contributed by atoms with Gasteiger partial charge in [0.2, 0.25) is 5.89 Å². The lowest BCUT2D eigenvalue weighted by Crippen LogP contribution is -2.22. The van der Waals surface area contributed by atoms with E-state index in [9.17, 15) is 4.79 Å². The molecule has 22 heavy (non-hydrogen) atoms. The molecule has 0 unspecified atom stereocenters. The molecule has 1 heterocycles. The van der Waals surface area contributed by atoms with Crippen molar-refractivity contribution in [3.8, 4) is 0 Å². The second-order valence-corrected chi connectivity index (χ2v) is 6.09. The molecule has 1 aromatic heterocycles. The number of hydrogen-bond donors (Lipinski definition) is 3. The van der Waals surface area contributed by atoms with Gasteiger partial charge < -0.3 is 20.7 Å². The Morgan fingerprint density at radius 2 is 2.14 bits per heavy atom. The maximum absolute atomic E-state index is 10.3. The highest BCUT2D eigenvalue weighted by molar-refractivity contribution is 5.64. The maximum Gasteiger partial charge on any atom is 0.404 e. The standard InChI is InChI=1S/C15H26N4O3/c16-12(8-4-5-9-17-15(20)21)14-18-13(19-22-14)10-11-6-2-1-3-7-11/h11-12,17H,1-10,16H2,(H,20,21)/t12-/m0/s1. The Hall–Kier alpha value is -1.63. The number of nitrogens with two attached hydrogens (primary N) is 1. The second kappa shape index (κ2) is 8.73. The minimum atomic E-state index is -0.992. The fourth-order valence-electron chi connectivity index (χ4n) is 2.96. The molecule has 7 heteroatoms. The highest BCUT2D eigenvalue weighted by atomic mass is 16.5. The van der Waals surface area contributed by atoms with Crippen molar-refractivity contribution in [3.05, 3.63) is 11.7 Å². The molecule has 0 aliphatic heterocycles. The zero-order chi connectivity index (χ0) is 15.8. The summed E-state index contributed by atoms with van der Waals surface area (Å²) in [5.41, 5.74) is 6.05. The molecular formula is C15H26N4O3. The van der Waals surface area contributed by atoms with Crippen LogP contribution in [0.3, 0.4) is 0 Å². The lowest BCUT2D eigenvalue weighted by Gasteiger charge is -2.19. The van der Waals surface area contributed by atoms with Crippen LogP contribution in [0.4, 0.5) is 4.79 Å². The van der Waals surface area contributed by atoms with Crippen LogP contribution in [0, 0.1) is 5.92 Å². The lowest BCUT2D eigenvalue weighted by molar-refractivity contribution is 0.194. The van der Waals surface area contributed by atoms with Crippen LogP contribution in [-0.2, 0) is 6.42 Å². The maximum atomic E-state index is 10.3. The van der Waals surface area contributed by atoms with Gasteiger partial charge in [-0.25, -0.2) is 4.79 Å². The third-order valence-corrected chi connectivity index (χ3v) is 4.22. The number of carboxylic acid groups (broad SMARTS) is 1. The second-order valence-electron chi connectivity index (χ2n) is 6.09. The first kappa shape index (κ1) is 16.7. The average molecular weight is 310 g/mol. The third-order valence-electron chi connectivity index (χ3n) is 4.22. The monoisotopic (exact) mass is 310 g/mol. The van der Waals surface area contributed by atoms with Crippen LogP contribution in [-0.4, -0.2) is 27.9 Å². The van der Waals surface area contributed by atoms with Crippen LogP contribution < -0.4 is 11.1 Å². The Labute approximate surface area is 130 Å². The van der Waals surface area contributed by atoms with Gasteiger partial charge in [-0.05, 0) is 25.2 Å². The van der Waals surface area contributed by atoms with Gasteiger partial charge in [-0.2, -0.15) is 4.98 Å². The molecule has 4 N–H and O–H groups in total. The summed E-state index contributed by atoms with van der Waals surface area (Å²) in [6.07, 6.45) is 8.65. The van der Waals surface area contributed by atoms with E-state index in [1.165, 1.54) is 32.1 Å². The van der Waals surface area contributed by atoms with Crippen molar-refractivity contribution in [2.45, 2.75) is 63.8 Å². The smallest absolute Gasteiger partial charge is 0.404 e. The summed E-state index contributed by atoms with van der Waals surface area (Å²) < 4.78 is 5.27. The number of rotatable bonds is 8. The molecule has 7 nitrogen and oxygen atoms in total. The zero-order valence-electron chi connectivity index (χ0n) is 13.0. The van der Waals surface area contributed by atoms with Crippen LogP contribution >= 0.6 is 0 Å². The first-order chi connectivity index (χ1) is 10.6. The zero-order valence-corrected chi connectivity index (χ0v) is 13.0. The van der Waals surface area contributed by atoms with Crippen LogP contribution in [0.2, 0.25) is 0 Å².